The zero-order valence-electron chi connectivity index (χ0n) is 13.2. The Labute approximate surface area is 153 Å². The zero-order chi connectivity index (χ0) is 17.9. The van der Waals surface area contributed by atoms with Gasteiger partial charge in [0.25, 0.3) is 10.0 Å². The van der Waals surface area contributed by atoms with Crippen molar-refractivity contribution in [2.75, 3.05) is 4.72 Å². The van der Waals surface area contributed by atoms with Gasteiger partial charge in [0.2, 0.25) is 0 Å². The summed E-state index contributed by atoms with van der Waals surface area (Å²) in [5.41, 5.74) is 2.09. The third-order valence-corrected chi connectivity index (χ3v) is 5.28. The van der Waals surface area contributed by atoms with Gasteiger partial charge in [-0.3, -0.25) is 4.72 Å². The van der Waals surface area contributed by atoms with Crippen molar-refractivity contribution in [2.45, 2.75) is 11.8 Å². The van der Waals surface area contributed by atoms with E-state index in [1.54, 1.807) is 36.4 Å². The molecule has 3 aromatic rings. The smallest absolute Gasteiger partial charge is 0.261 e. The van der Waals surface area contributed by atoms with Crippen molar-refractivity contribution in [3.63, 3.8) is 0 Å². The number of anilines is 1. The Balaban J connectivity index is 1.77. The molecular weight excluding hydrogens is 406 g/mol. The van der Waals surface area contributed by atoms with E-state index >= 15 is 0 Å². The molecule has 1 aromatic heterocycles. The number of nitrogens with zero attached hydrogens (tertiary/aromatic N) is 4. The van der Waals surface area contributed by atoms with E-state index in [-0.39, 0.29) is 4.90 Å². The van der Waals surface area contributed by atoms with Gasteiger partial charge in [0, 0.05) is 10.2 Å². The second-order valence-electron chi connectivity index (χ2n) is 5.16. The fraction of sp³-hybridized carbons (Fsp3) is 0.0625. The molecule has 1 heterocycles. The van der Waals surface area contributed by atoms with Crippen LogP contribution in [0.2, 0.25) is 0 Å². The van der Waals surface area contributed by atoms with Gasteiger partial charge >= 0.3 is 0 Å². The average Bonchev–Trinajstić information content (AvgIpc) is 3.08. The molecule has 0 amide bonds. The van der Waals surface area contributed by atoms with Gasteiger partial charge in [0.15, 0.2) is 0 Å². The van der Waals surface area contributed by atoms with Gasteiger partial charge in [0.1, 0.15) is 12.7 Å². The fourth-order valence-corrected chi connectivity index (χ4v) is 3.41. The van der Waals surface area contributed by atoms with Crippen molar-refractivity contribution in [1.82, 2.24) is 14.9 Å². The Kier molecular flexibility index (Phi) is 4.95. The number of sulfonamides is 1. The van der Waals surface area contributed by atoms with Gasteiger partial charge in [-0.25, -0.2) is 13.1 Å². The fourth-order valence-electron chi connectivity index (χ4n) is 2.09. The lowest BCUT2D eigenvalue weighted by Crippen LogP contribution is -2.12. The van der Waals surface area contributed by atoms with Crippen LogP contribution in [-0.4, -0.2) is 29.0 Å². The average molecular weight is 420 g/mol. The molecular formula is C16H14BrN5O2S. The largest absolute Gasteiger partial charge is 0.280 e. The Hall–Kier alpha value is -2.52. The summed E-state index contributed by atoms with van der Waals surface area (Å²) >= 11 is 3.29. The number of rotatable bonds is 5. The van der Waals surface area contributed by atoms with E-state index in [0.717, 1.165) is 15.7 Å². The second-order valence-corrected chi connectivity index (χ2v) is 7.76. The van der Waals surface area contributed by atoms with E-state index in [1.165, 1.54) is 29.5 Å². The van der Waals surface area contributed by atoms with Crippen LogP contribution < -0.4 is 4.72 Å². The van der Waals surface area contributed by atoms with E-state index in [4.69, 9.17) is 0 Å². The summed E-state index contributed by atoms with van der Waals surface area (Å²) in [7, 11) is -3.63. The van der Waals surface area contributed by atoms with Crippen molar-refractivity contribution in [3.8, 4) is 0 Å². The summed E-state index contributed by atoms with van der Waals surface area (Å²) in [6.07, 6.45) is 2.98. The molecule has 7 nitrogen and oxygen atoms in total. The molecule has 0 saturated heterocycles. The number of aromatic nitrogens is 3. The number of hydrogen-bond donors (Lipinski definition) is 1. The van der Waals surface area contributed by atoms with Crippen LogP contribution in [0.4, 0.5) is 5.69 Å². The molecule has 0 bridgehead atoms. The summed E-state index contributed by atoms with van der Waals surface area (Å²) in [4.78, 5) is 0.199. The van der Waals surface area contributed by atoms with Crippen molar-refractivity contribution in [2.24, 2.45) is 5.10 Å². The zero-order valence-corrected chi connectivity index (χ0v) is 15.6. The maximum absolute atomic E-state index is 12.4. The van der Waals surface area contributed by atoms with Crippen LogP contribution in [-0.2, 0) is 10.0 Å². The van der Waals surface area contributed by atoms with Crippen LogP contribution in [0.3, 0.4) is 0 Å². The minimum absolute atomic E-state index is 0.199. The molecule has 0 aliphatic heterocycles. The van der Waals surface area contributed by atoms with Crippen molar-refractivity contribution in [3.05, 3.63) is 71.2 Å². The molecule has 2 aromatic carbocycles. The predicted molar refractivity (Wildman–Crippen MR) is 99.0 cm³/mol. The molecule has 1 N–H and O–H groups in total. The molecule has 0 fully saturated rings. The Bertz CT molecular complexity index is 982. The maximum Gasteiger partial charge on any atom is 0.261 e. The molecule has 0 aliphatic rings. The minimum atomic E-state index is -3.63. The number of halogens is 1. The van der Waals surface area contributed by atoms with Crippen LogP contribution >= 0.6 is 15.9 Å². The molecule has 0 atom stereocenters. The van der Waals surface area contributed by atoms with Crippen molar-refractivity contribution in [1.29, 1.82) is 0 Å². The molecule has 3 rings (SSSR count). The van der Waals surface area contributed by atoms with Crippen LogP contribution in [0.5, 0.6) is 0 Å². The first-order chi connectivity index (χ1) is 11.9. The molecule has 0 radical (unpaired) electrons. The minimum Gasteiger partial charge on any atom is -0.280 e. The van der Waals surface area contributed by atoms with Gasteiger partial charge in [-0.1, -0.05) is 28.1 Å². The number of nitrogens with one attached hydrogen (secondary N) is 1. The van der Waals surface area contributed by atoms with Gasteiger partial charge in [-0.05, 0) is 48.9 Å². The highest BCUT2D eigenvalue weighted by molar-refractivity contribution is 9.10. The second kappa shape index (κ2) is 7.16. The third kappa shape index (κ3) is 4.31. The van der Waals surface area contributed by atoms with Crippen LogP contribution in [0, 0.1) is 0 Å². The monoisotopic (exact) mass is 419 g/mol. The standard InChI is InChI=1S/C16H14BrN5O2S/c1-12(20-22-10-18-19-11-22)13-2-6-15(7-3-13)21-25(23,24)16-8-4-14(17)5-9-16/h2-11,21H,1H3/b20-12+. The molecule has 9 heteroatoms. The SMILES string of the molecule is C/C(=N\n1cnnc1)c1ccc(NS(=O)(=O)c2ccc(Br)cc2)cc1. The summed E-state index contributed by atoms with van der Waals surface area (Å²) in [5, 5.41) is 11.7. The first-order valence-electron chi connectivity index (χ1n) is 7.23. The highest BCUT2D eigenvalue weighted by Crippen LogP contribution is 2.19. The van der Waals surface area contributed by atoms with E-state index in [0.29, 0.717) is 5.69 Å². The van der Waals surface area contributed by atoms with Crippen LogP contribution in [0.25, 0.3) is 0 Å². The summed E-state index contributed by atoms with van der Waals surface area (Å²) in [6, 6.07) is 13.4. The lowest BCUT2D eigenvalue weighted by molar-refractivity contribution is 0.601. The van der Waals surface area contributed by atoms with Gasteiger partial charge < -0.3 is 0 Å². The molecule has 0 aliphatic carbocycles. The summed E-state index contributed by atoms with van der Waals surface area (Å²) in [6.45, 7) is 1.85. The van der Waals surface area contributed by atoms with E-state index < -0.39 is 10.0 Å². The normalized spacial score (nSPS) is 12.2. The molecule has 128 valence electrons. The predicted octanol–water partition coefficient (Wildman–Crippen LogP) is 3.11. The first kappa shape index (κ1) is 17.3. The van der Waals surface area contributed by atoms with E-state index in [9.17, 15) is 8.42 Å². The summed E-state index contributed by atoms with van der Waals surface area (Å²) < 4.78 is 29.6. The van der Waals surface area contributed by atoms with Crippen molar-refractivity contribution >= 4 is 37.4 Å². The van der Waals surface area contributed by atoms with Gasteiger partial charge in [-0.15, -0.1) is 10.2 Å². The third-order valence-electron chi connectivity index (χ3n) is 3.35. The van der Waals surface area contributed by atoms with E-state index in [2.05, 4.69) is 36.0 Å². The lowest BCUT2D eigenvalue weighted by atomic mass is 10.1. The van der Waals surface area contributed by atoms with E-state index in [1.807, 2.05) is 6.92 Å². The highest BCUT2D eigenvalue weighted by Gasteiger charge is 2.13. The first-order valence-corrected chi connectivity index (χ1v) is 9.51. The quantitative estimate of drug-likeness (QED) is 0.643. The maximum atomic E-state index is 12.4. The topological polar surface area (TPSA) is 89.2 Å². The van der Waals surface area contributed by atoms with Gasteiger partial charge in [-0.2, -0.15) is 5.10 Å². The summed E-state index contributed by atoms with van der Waals surface area (Å²) in [5.74, 6) is 0. The molecule has 25 heavy (non-hydrogen) atoms. The number of hydrogen-bond acceptors (Lipinski definition) is 5. The van der Waals surface area contributed by atoms with Gasteiger partial charge in [0.05, 0.1) is 10.6 Å². The van der Waals surface area contributed by atoms with Crippen molar-refractivity contribution < 1.29 is 8.42 Å². The molecule has 0 saturated carbocycles. The Morgan fingerprint density at radius 3 is 2.24 bits per heavy atom. The Morgan fingerprint density at radius 1 is 1.04 bits per heavy atom. The Morgan fingerprint density at radius 2 is 1.64 bits per heavy atom. The van der Waals surface area contributed by atoms with Crippen LogP contribution in [0.1, 0.15) is 12.5 Å². The number of benzene rings is 2. The lowest BCUT2D eigenvalue weighted by Gasteiger charge is -2.09. The molecule has 0 spiro atoms. The highest BCUT2D eigenvalue weighted by atomic mass is 79.9. The van der Waals surface area contributed by atoms with Crippen LogP contribution in [0.15, 0.2) is 75.7 Å². The molecule has 0 unspecified atom stereocenters.